The molecule has 0 bridgehead atoms. The van der Waals surface area contributed by atoms with Gasteiger partial charge in [-0.2, -0.15) is 5.10 Å². The Labute approximate surface area is 113 Å². The number of benzene rings is 1. The van der Waals surface area contributed by atoms with Crippen LogP contribution in [0.3, 0.4) is 0 Å². The van der Waals surface area contributed by atoms with Gasteiger partial charge < -0.3 is 10.1 Å². The second-order valence-corrected chi connectivity index (χ2v) is 3.93. The summed E-state index contributed by atoms with van der Waals surface area (Å²) in [6, 6.07) is 10.1. The summed E-state index contributed by atoms with van der Waals surface area (Å²) in [6.45, 7) is 1.62. The van der Waals surface area contributed by atoms with Crippen LogP contribution in [-0.2, 0) is 20.1 Å². The third-order valence-corrected chi connectivity index (χ3v) is 2.56. The maximum atomic E-state index is 5.11. The SMILES string of the molecule is COc1ccc(CNCc2ccn(C)n2)cc1.Cl. The molecule has 0 aliphatic rings. The van der Waals surface area contributed by atoms with E-state index in [1.807, 2.05) is 36.1 Å². The van der Waals surface area contributed by atoms with Crippen molar-refractivity contribution in [2.75, 3.05) is 7.11 Å². The first-order chi connectivity index (χ1) is 8.28. The topological polar surface area (TPSA) is 39.1 Å². The van der Waals surface area contributed by atoms with Gasteiger partial charge in [-0.05, 0) is 23.8 Å². The lowest BCUT2D eigenvalue weighted by atomic mass is 10.2. The molecular formula is C13H18ClN3O. The fourth-order valence-corrected chi connectivity index (χ4v) is 1.64. The Morgan fingerprint density at radius 1 is 1.17 bits per heavy atom. The Bertz CT molecular complexity index is 467. The van der Waals surface area contributed by atoms with E-state index in [-0.39, 0.29) is 12.4 Å². The van der Waals surface area contributed by atoms with E-state index in [4.69, 9.17) is 4.74 Å². The number of ether oxygens (including phenoxy) is 1. The van der Waals surface area contributed by atoms with Gasteiger partial charge in [-0.1, -0.05) is 12.1 Å². The number of hydrogen-bond acceptors (Lipinski definition) is 3. The molecule has 1 aromatic heterocycles. The van der Waals surface area contributed by atoms with Gasteiger partial charge in [0.15, 0.2) is 0 Å². The molecule has 0 amide bonds. The zero-order valence-electron chi connectivity index (χ0n) is 10.6. The number of nitrogens with one attached hydrogen (secondary N) is 1. The smallest absolute Gasteiger partial charge is 0.118 e. The summed E-state index contributed by atoms with van der Waals surface area (Å²) in [5, 5.41) is 7.66. The van der Waals surface area contributed by atoms with E-state index in [0.29, 0.717) is 0 Å². The number of aromatic nitrogens is 2. The lowest BCUT2D eigenvalue weighted by molar-refractivity contribution is 0.414. The predicted octanol–water partition coefficient (Wildman–Crippen LogP) is 2.14. The molecule has 0 aliphatic carbocycles. The van der Waals surface area contributed by atoms with E-state index >= 15 is 0 Å². The molecule has 5 heteroatoms. The molecule has 2 aromatic rings. The van der Waals surface area contributed by atoms with Crippen molar-refractivity contribution in [2.45, 2.75) is 13.1 Å². The summed E-state index contributed by atoms with van der Waals surface area (Å²) in [6.07, 6.45) is 1.95. The molecule has 0 radical (unpaired) electrons. The highest BCUT2D eigenvalue weighted by Gasteiger charge is 1.97. The Kier molecular flexibility index (Phi) is 5.68. The Morgan fingerprint density at radius 2 is 1.89 bits per heavy atom. The van der Waals surface area contributed by atoms with E-state index in [2.05, 4.69) is 22.5 Å². The molecule has 1 heterocycles. The van der Waals surface area contributed by atoms with Crippen molar-refractivity contribution in [3.05, 3.63) is 47.8 Å². The molecule has 0 aliphatic heterocycles. The van der Waals surface area contributed by atoms with Gasteiger partial charge in [0.25, 0.3) is 0 Å². The minimum absolute atomic E-state index is 0. The number of methoxy groups -OCH3 is 1. The summed E-state index contributed by atoms with van der Waals surface area (Å²) in [7, 11) is 3.60. The molecule has 1 N–H and O–H groups in total. The first-order valence-electron chi connectivity index (χ1n) is 5.60. The number of rotatable bonds is 5. The molecule has 1 aromatic carbocycles. The highest BCUT2D eigenvalue weighted by atomic mass is 35.5. The molecule has 0 saturated heterocycles. The predicted molar refractivity (Wildman–Crippen MR) is 74.0 cm³/mol. The second-order valence-electron chi connectivity index (χ2n) is 3.93. The largest absolute Gasteiger partial charge is 0.497 e. The first-order valence-corrected chi connectivity index (χ1v) is 5.60. The van der Waals surface area contributed by atoms with Gasteiger partial charge in [-0.15, -0.1) is 12.4 Å². The number of aryl methyl sites for hydroxylation is 1. The maximum absolute atomic E-state index is 5.11. The number of hydrogen-bond donors (Lipinski definition) is 1. The molecule has 0 unspecified atom stereocenters. The maximum Gasteiger partial charge on any atom is 0.118 e. The molecule has 0 saturated carbocycles. The molecular weight excluding hydrogens is 250 g/mol. The van der Waals surface area contributed by atoms with Crippen molar-refractivity contribution in [1.82, 2.24) is 15.1 Å². The van der Waals surface area contributed by atoms with Crippen molar-refractivity contribution < 1.29 is 4.74 Å². The summed E-state index contributed by atoms with van der Waals surface area (Å²) in [4.78, 5) is 0. The zero-order valence-corrected chi connectivity index (χ0v) is 11.4. The zero-order chi connectivity index (χ0) is 12.1. The van der Waals surface area contributed by atoms with Crippen molar-refractivity contribution in [3.63, 3.8) is 0 Å². The highest BCUT2D eigenvalue weighted by molar-refractivity contribution is 5.85. The third kappa shape index (κ3) is 4.05. The van der Waals surface area contributed by atoms with Crippen LogP contribution < -0.4 is 10.1 Å². The van der Waals surface area contributed by atoms with Crippen LogP contribution >= 0.6 is 12.4 Å². The minimum Gasteiger partial charge on any atom is -0.497 e. The van der Waals surface area contributed by atoms with Crippen LogP contribution in [0.5, 0.6) is 5.75 Å². The highest BCUT2D eigenvalue weighted by Crippen LogP contribution is 2.10. The normalized spacial score (nSPS) is 9.89. The van der Waals surface area contributed by atoms with Gasteiger partial charge in [0, 0.05) is 26.3 Å². The molecule has 4 nitrogen and oxygen atoms in total. The lowest BCUT2D eigenvalue weighted by Gasteiger charge is -2.04. The third-order valence-electron chi connectivity index (χ3n) is 2.56. The molecule has 0 atom stereocenters. The number of nitrogens with zero attached hydrogens (tertiary/aromatic N) is 2. The van der Waals surface area contributed by atoms with Gasteiger partial charge in [0.1, 0.15) is 5.75 Å². The van der Waals surface area contributed by atoms with E-state index in [9.17, 15) is 0 Å². The van der Waals surface area contributed by atoms with Crippen molar-refractivity contribution >= 4 is 12.4 Å². The van der Waals surface area contributed by atoms with Crippen LogP contribution in [0.4, 0.5) is 0 Å². The Hall–Kier alpha value is -1.52. The van der Waals surface area contributed by atoms with Crippen molar-refractivity contribution in [1.29, 1.82) is 0 Å². The first kappa shape index (κ1) is 14.5. The second kappa shape index (κ2) is 7.03. The van der Waals surface area contributed by atoms with Gasteiger partial charge in [-0.25, -0.2) is 0 Å². The van der Waals surface area contributed by atoms with E-state index < -0.39 is 0 Å². The van der Waals surface area contributed by atoms with Gasteiger partial charge in [0.2, 0.25) is 0 Å². The van der Waals surface area contributed by atoms with Crippen LogP contribution in [0, 0.1) is 0 Å². The quantitative estimate of drug-likeness (QED) is 0.902. The van der Waals surface area contributed by atoms with E-state index in [1.54, 1.807) is 7.11 Å². The van der Waals surface area contributed by atoms with Crippen molar-refractivity contribution in [3.8, 4) is 5.75 Å². The summed E-state index contributed by atoms with van der Waals surface area (Å²) in [5.41, 5.74) is 2.29. The Morgan fingerprint density at radius 3 is 2.44 bits per heavy atom. The minimum atomic E-state index is 0. The molecule has 0 spiro atoms. The van der Waals surface area contributed by atoms with Gasteiger partial charge in [0.05, 0.1) is 12.8 Å². The summed E-state index contributed by atoms with van der Waals surface area (Å²) < 4.78 is 6.92. The number of halogens is 1. The van der Waals surface area contributed by atoms with Crippen LogP contribution in [0.25, 0.3) is 0 Å². The Balaban J connectivity index is 0.00000162. The average Bonchev–Trinajstić information content (AvgIpc) is 2.76. The standard InChI is InChI=1S/C13H17N3O.ClH/c1-16-8-7-12(15-16)10-14-9-11-3-5-13(17-2)6-4-11;/h3-8,14H,9-10H2,1-2H3;1H. The monoisotopic (exact) mass is 267 g/mol. The summed E-state index contributed by atoms with van der Waals surface area (Å²) in [5.74, 6) is 0.887. The molecule has 98 valence electrons. The van der Waals surface area contributed by atoms with E-state index in [0.717, 1.165) is 24.5 Å². The lowest BCUT2D eigenvalue weighted by Crippen LogP contribution is -2.13. The van der Waals surface area contributed by atoms with Crippen LogP contribution in [0.1, 0.15) is 11.3 Å². The fraction of sp³-hybridized carbons (Fsp3) is 0.308. The average molecular weight is 268 g/mol. The fourth-order valence-electron chi connectivity index (χ4n) is 1.64. The molecule has 0 fully saturated rings. The van der Waals surface area contributed by atoms with Crippen LogP contribution in [0.15, 0.2) is 36.5 Å². The molecule has 18 heavy (non-hydrogen) atoms. The van der Waals surface area contributed by atoms with E-state index in [1.165, 1.54) is 5.56 Å². The van der Waals surface area contributed by atoms with Crippen LogP contribution in [0.2, 0.25) is 0 Å². The van der Waals surface area contributed by atoms with Crippen molar-refractivity contribution in [2.24, 2.45) is 7.05 Å². The molecule has 2 rings (SSSR count). The van der Waals surface area contributed by atoms with Gasteiger partial charge in [-0.3, -0.25) is 4.68 Å². The van der Waals surface area contributed by atoms with Gasteiger partial charge >= 0.3 is 0 Å². The summed E-state index contributed by atoms with van der Waals surface area (Å²) >= 11 is 0. The van der Waals surface area contributed by atoms with Crippen LogP contribution in [-0.4, -0.2) is 16.9 Å².